The third-order valence-corrected chi connectivity index (χ3v) is 2.11. The molecule has 1 rings (SSSR count). The van der Waals surface area contributed by atoms with E-state index in [9.17, 15) is 4.79 Å². The van der Waals surface area contributed by atoms with Crippen LogP contribution in [0, 0.1) is 5.92 Å². The van der Waals surface area contributed by atoms with Crippen molar-refractivity contribution in [2.45, 2.75) is 19.8 Å². The third kappa shape index (κ3) is 2.91. The maximum Gasteiger partial charge on any atom is 0.152 e. The lowest BCUT2D eigenvalue weighted by molar-refractivity contribution is -0.121. The van der Waals surface area contributed by atoms with Gasteiger partial charge in [0.25, 0.3) is 0 Å². The van der Waals surface area contributed by atoms with Crippen LogP contribution in [0.5, 0.6) is 0 Å². The maximum absolute atomic E-state index is 11.4. The number of Topliss-reactive ketones (excluding diaryl/α,β-unsaturated/α-hetero) is 1. The zero-order valence-electron chi connectivity index (χ0n) is 7.64. The molecule has 0 spiro atoms. The lowest BCUT2D eigenvalue weighted by Gasteiger charge is -2.06. The second-order valence-corrected chi connectivity index (χ2v) is 3.20. The topological polar surface area (TPSA) is 38.3 Å². The van der Waals surface area contributed by atoms with E-state index in [1.54, 1.807) is 0 Å². The van der Waals surface area contributed by atoms with E-state index in [2.05, 4.69) is 12.2 Å². The molecule has 3 nitrogen and oxygen atoms in total. The molecule has 1 unspecified atom stereocenters. The predicted octanol–water partition coefficient (Wildman–Crippen LogP) is 0.592. The van der Waals surface area contributed by atoms with Crippen molar-refractivity contribution in [3.8, 4) is 0 Å². The highest BCUT2D eigenvalue weighted by molar-refractivity contribution is 5.83. The van der Waals surface area contributed by atoms with Gasteiger partial charge in [-0.2, -0.15) is 0 Å². The van der Waals surface area contributed by atoms with E-state index in [1.807, 2.05) is 0 Å². The quantitative estimate of drug-likeness (QED) is 0.615. The van der Waals surface area contributed by atoms with Crippen LogP contribution in [0.15, 0.2) is 0 Å². The van der Waals surface area contributed by atoms with Crippen molar-refractivity contribution in [2.75, 3.05) is 26.3 Å². The standard InChI is InChI=1S/C9H17NO2/c1-2-4-10-6-9(11)8-3-5-12-7-8/h8,10H,2-7H2,1H3. The summed E-state index contributed by atoms with van der Waals surface area (Å²) in [5.41, 5.74) is 0. The Morgan fingerprint density at radius 1 is 1.67 bits per heavy atom. The summed E-state index contributed by atoms with van der Waals surface area (Å²) in [6.07, 6.45) is 1.99. The molecular formula is C9H17NO2. The Balaban J connectivity index is 2.10. The van der Waals surface area contributed by atoms with Crippen molar-refractivity contribution in [3.05, 3.63) is 0 Å². The lowest BCUT2D eigenvalue weighted by atomic mass is 10.0. The Bertz CT molecular complexity index is 141. The van der Waals surface area contributed by atoms with Gasteiger partial charge < -0.3 is 10.1 Å². The molecule has 1 fully saturated rings. The van der Waals surface area contributed by atoms with Crippen LogP contribution in [0.3, 0.4) is 0 Å². The van der Waals surface area contributed by atoms with E-state index in [-0.39, 0.29) is 5.92 Å². The summed E-state index contributed by atoms with van der Waals surface area (Å²) in [6, 6.07) is 0. The molecule has 1 atom stereocenters. The lowest BCUT2D eigenvalue weighted by Crippen LogP contribution is -2.29. The first-order chi connectivity index (χ1) is 5.84. The number of rotatable bonds is 5. The number of carbonyl (C=O) groups excluding carboxylic acids is 1. The van der Waals surface area contributed by atoms with Gasteiger partial charge in [-0.1, -0.05) is 6.92 Å². The minimum Gasteiger partial charge on any atom is -0.381 e. The van der Waals surface area contributed by atoms with Crippen molar-refractivity contribution in [3.63, 3.8) is 0 Å². The molecule has 1 saturated heterocycles. The van der Waals surface area contributed by atoms with Gasteiger partial charge in [-0.15, -0.1) is 0 Å². The largest absolute Gasteiger partial charge is 0.381 e. The van der Waals surface area contributed by atoms with E-state index in [4.69, 9.17) is 4.74 Å². The van der Waals surface area contributed by atoms with Crippen molar-refractivity contribution >= 4 is 5.78 Å². The summed E-state index contributed by atoms with van der Waals surface area (Å²) in [6.45, 7) is 4.92. The minimum absolute atomic E-state index is 0.161. The highest BCUT2D eigenvalue weighted by Crippen LogP contribution is 2.12. The fourth-order valence-electron chi connectivity index (χ4n) is 1.32. The summed E-state index contributed by atoms with van der Waals surface area (Å²) in [4.78, 5) is 11.4. The molecule has 0 aromatic rings. The molecule has 0 aromatic heterocycles. The van der Waals surface area contributed by atoms with Gasteiger partial charge in [0.1, 0.15) is 0 Å². The number of nitrogens with one attached hydrogen (secondary N) is 1. The van der Waals surface area contributed by atoms with Crippen LogP contribution in [-0.4, -0.2) is 32.1 Å². The van der Waals surface area contributed by atoms with Crippen LogP contribution in [-0.2, 0) is 9.53 Å². The molecule has 0 radical (unpaired) electrons. The Morgan fingerprint density at radius 3 is 3.08 bits per heavy atom. The highest BCUT2D eigenvalue weighted by atomic mass is 16.5. The van der Waals surface area contributed by atoms with Gasteiger partial charge in [0, 0.05) is 12.5 Å². The van der Waals surface area contributed by atoms with Crippen molar-refractivity contribution < 1.29 is 9.53 Å². The molecule has 1 heterocycles. The molecule has 0 aliphatic carbocycles. The number of carbonyl (C=O) groups is 1. The van der Waals surface area contributed by atoms with Gasteiger partial charge >= 0.3 is 0 Å². The number of ether oxygens (including phenoxy) is 1. The van der Waals surface area contributed by atoms with Crippen LogP contribution >= 0.6 is 0 Å². The van der Waals surface area contributed by atoms with E-state index in [0.717, 1.165) is 26.0 Å². The van der Waals surface area contributed by atoms with Gasteiger partial charge in [0.15, 0.2) is 5.78 Å². The van der Waals surface area contributed by atoms with Crippen LogP contribution in [0.2, 0.25) is 0 Å². The normalized spacial score (nSPS) is 22.9. The predicted molar refractivity (Wildman–Crippen MR) is 47.1 cm³/mol. The summed E-state index contributed by atoms with van der Waals surface area (Å²) >= 11 is 0. The fraction of sp³-hybridized carbons (Fsp3) is 0.889. The SMILES string of the molecule is CCCNCC(=O)C1CCOC1. The second kappa shape index (κ2) is 5.27. The number of ketones is 1. The van der Waals surface area contributed by atoms with Crippen LogP contribution in [0.1, 0.15) is 19.8 Å². The van der Waals surface area contributed by atoms with E-state index < -0.39 is 0 Å². The van der Waals surface area contributed by atoms with Crippen molar-refractivity contribution in [2.24, 2.45) is 5.92 Å². The first-order valence-electron chi connectivity index (χ1n) is 4.65. The Hall–Kier alpha value is -0.410. The number of hydrogen-bond donors (Lipinski definition) is 1. The first kappa shape index (κ1) is 9.68. The van der Waals surface area contributed by atoms with Gasteiger partial charge in [-0.25, -0.2) is 0 Å². The second-order valence-electron chi connectivity index (χ2n) is 3.20. The minimum atomic E-state index is 0.161. The monoisotopic (exact) mass is 171 g/mol. The smallest absolute Gasteiger partial charge is 0.152 e. The third-order valence-electron chi connectivity index (χ3n) is 2.11. The molecule has 1 aliphatic heterocycles. The zero-order valence-corrected chi connectivity index (χ0v) is 7.64. The average molecular weight is 171 g/mol. The van der Waals surface area contributed by atoms with Crippen molar-refractivity contribution in [1.29, 1.82) is 0 Å². The van der Waals surface area contributed by atoms with Crippen LogP contribution in [0.4, 0.5) is 0 Å². The first-order valence-corrected chi connectivity index (χ1v) is 4.65. The molecular weight excluding hydrogens is 154 g/mol. The summed E-state index contributed by atoms with van der Waals surface area (Å²) < 4.78 is 5.14. The molecule has 0 bridgehead atoms. The Morgan fingerprint density at radius 2 is 2.50 bits per heavy atom. The average Bonchev–Trinajstić information content (AvgIpc) is 2.56. The summed E-state index contributed by atoms with van der Waals surface area (Å²) in [5, 5.41) is 3.11. The highest BCUT2D eigenvalue weighted by Gasteiger charge is 2.22. The molecule has 0 saturated carbocycles. The van der Waals surface area contributed by atoms with Gasteiger partial charge in [0.2, 0.25) is 0 Å². The van der Waals surface area contributed by atoms with Gasteiger partial charge in [-0.05, 0) is 19.4 Å². The fourth-order valence-corrected chi connectivity index (χ4v) is 1.32. The molecule has 0 aromatic carbocycles. The molecule has 70 valence electrons. The van der Waals surface area contributed by atoms with E-state index >= 15 is 0 Å². The van der Waals surface area contributed by atoms with Gasteiger partial charge in [-0.3, -0.25) is 4.79 Å². The van der Waals surface area contributed by atoms with Gasteiger partial charge in [0.05, 0.1) is 13.2 Å². The molecule has 1 N–H and O–H groups in total. The van der Waals surface area contributed by atoms with E-state index in [1.165, 1.54) is 0 Å². The number of hydrogen-bond acceptors (Lipinski definition) is 3. The summed E-state index contributed by atoms with van der Waals surface area (Å²) in [5.74, 6) is 0.468. The Kier molecular flexibility index (Phi) is 4.25. The maximum atomic E-state index is 11.4. The van der Waals surface area contributed by atoms with E-state index in [0.29, 0.717) is 18.9 Å². The molecule has 0 amide bonds. The molecule has 3 heteroatoms. The van der Waals surface area contributed by atoms with Crippen LogP contribution in [0.25, 0.3) is 0 Å². The summed E-state index contributed by atoms with van der Waals surface area (Å²) in [7, 11) is 0. The zero-order chi connectivity index (χ0) is 8.81. The molecule has 12 heavy (non-hydrogen) atoms. The Labute approximate surface area is 73.5 Å². The van der Waals surface area contributed by atoms with Crippen LogP contribution < -0.4 is 5.32 Å². The molecule has 1 aliphatic rings. The van der Waals surface area contributed by atoms with Crippen molar-refractivity contribution in [1.82, 2.24) is 5.32 Å².